The van der Waals surface area contributed by atoms with Crippen molar-refractivity contribution >= 4 is 11.6 Å². The van der Waals surface area contributed by atoms with Crippen LogP contribution in [0.2, 0.25) is 0 Å². The van der Waals surface area contributed by atoms with E-state index >= 15 is 0 Å². The standard InChI is InChI=1S/C4H7ClO2/c5-1-4-2-6-3-7-4/h4H,1-3H2/t4-/m1/s1. The number of ether oxygens (including phenoxy) is 2. The third-order valence-corrected chi connectivity index (χ3v) is 1.21. The molecule has 1 fully saturated rings. The highest BCUT2D eigenvalue weighted by Crippen LogP contribution is 2.03. The minimum atomic E-state index is 0.140. The van der Waals surface area contributed by atoms with Crippen molar-refractivity contribution in [1.29, 1.82) is 0 Å². The van der Waals surface area contributed by atoms with E-state index in [0.717, 1.165) is 0 Å². The lowest BCUT2D eigenvalue weighted by Gasteiger charge is -1.96. The van der Waals surface area contributed by atoms with Crippen molar-refractivity contribution in [3.63, 3.8) is 0 Å². The Morgan fingerprint density at radius 3 is 2.86 bits per heavy atom. The first kappa shape index (κ1) is 5.35. The van der Waals surface area contributed by atoms with Gasteiger partial charge in [0.15, 0.2) is 0 Å². The van der Waals surface area contributed by atoms with Crippen molar-refractivity contribution in [3.8, 4) is 0 Å². The van der Waals surface area contributed by atoms with Gasteiger partial charge in [-0.3, -0.25) is 0 Å². The van der Waals surface area contributed by atoms with Crippen LogP contribution in [0.15, 0.2) is 0 Å². The van der Waals surface area contributed by atoms with Gasteiger partial charge in [0.1, 0.15) is 6.79 Å². The predicted molar refractivity (Wildman–Crippen MR) is 26.4 cm³/mol. The second-order valence-corrected chi connectivity index (χ2v) is 1.74. The zero-order chi connectivity index (χ0) is 5.11. The number of alkyl halides is 1. The fourth-order valence-electron chi connectivity index (χ4n) is 0.461. The van der Waals surface area contributed by atoms with Crippen molar-refractivity contribution < 1.29 is 9.47 Å². The van der Waals surface area contributed by atoms with Gasteiger partial charge in [0, 0.05) is 0 Å². The second kappa shape index (κ2) is 2.50. The normalized spacial score (nSPS) is 31.3. The van der Waals surface area contributed by atoms with Crippen molar-refractivity contribution in [2.75, 3.05) is 19.3 Å². The Labute approximate surface area is 47.4 Å². The number of hydrogen-bond donors (Lipinski definition) is 0. The van der Waals surface area contributed by atoms with E-state index in [4.69, 9.17) is 21.1 Å². The summed E-state index contributed by atoms with van der Waals surface area (Å²) >= 11 is 5.40. The molecule has 1 atom stereocenters. The summed E-state index contributed by atoms with van der Waals surface area (Å²) in [4.78, 5) is 0. The summed E-state index contributed by atoms with van der Waals surface area (Å²) in [5, 5.41) is 0. The van der Waals surface area contributed by atoms with E-state index in [1.54, 1.807) is 0 Å². The van der Waals surface area contributed by atoms with Gasteiger partial charge >= 0.3 is 0 Å². The number of halogens is 1. The van der Waals surface area contributed by atoms with Gasteiger partial charge in [0.2, 0.25) is 0 Å². The van der Waals surface area contributed by atoms with Crippen LogP contribution < -0.4 is 0 Å². The molecule has 1 saturated heterocycles. The summed E-state index contributed by atoms with van der Waals surface area (Å²) in [5.41, 5.74) is 0. The number of hydrogen-bond acceptors (Lipinski definition) is 2. The topological polar surface area (TPSA) is 18.5 Å². The summed E-state index contributed by atoms with van der Waals surface area (Å²) < 4.78 is 9.79. The first-order valence-corrected chi connectivity index (χ1v) is 2.72. The highest BCUT2D eigenvalue weighted by molar-refractivity contribution is 6.18. The van der Waals surface area contributed by atoms with E-state index in [2.05, 4.69) is 0 Å². The average Bonchev–Trinajstić information content (AvgIpc) is 2.14. The Morgan fingerprint density at radius 1 is 1.71 bits per heavy atom. The van der Waals surface area contributed by atoms with Gasteiger partial charge in [0.05, 0.1) is 18.6 Å². The van der Waals surface area contributed by atoms with Crippen molar-refractivity contribution in [2.45, 2.75) is 6.10 Å². The monoisotopic (exact) mass is 122 g/mol. The van der Waals surface area contributed by atoms with Gasteiger partial charge in [-0.25, -0.2) is 0 Å². The Kier molecular flexibility index (Phi) is 1.91. The molecule has 0 N–H and O–H groups in total. The lowest BCUT2D eigenvalue weighted by Crippen LogP contribution is -2.09. The highest BCUT2D eigenvalue weighted by Gasteiger charge is 2.13. The van der Waals surface area contributed by atoms with Gasteiger partial charge in [-0.15, -0.1) is 11.6 Å². The lowest BCUT2D eigenvalue weighted by atomic mass is 10.4. The molecule has 0 saturated carbocycles. The van der Waals surface area contributed by atoms with E-state index in [1.807, 2.05) is 0 Å². The molecule has 3 heteroatoms. The molecular weight excluding hydrogens is 115 g/mol. The molecule has 1 aliphatic heterocycles. The Balaban J connectivity index is 2.14. The SMILES string of the molecule is ClC[C@@H]1COCO1. The largest absolute Gasteiger partial charge is 0.353 e. The van der Waals surface area contributed by atoms with Crippen LogP contribution in [0.3, 0.4) is 0 Å². The molecule has 1 rings (SSSR count). The molecule has 1 heterocycles. The van der Waals surface area contributed by atoms with Crippen LogP contribution >= 0.6 is 11.6 Å². The molecule has 42 valence electrons. The second-order valence-electron chi connectivity index (χ2n) is 1.43. The summed E-state index contributed by atoms with van der Waals surface area (Å²) in [6.45, 7) is 1.07. The molecule has 0 radical (unpaired) electrons. The van der Waals surface area contributed by atoms with Gasteiger partial charge in [-0.05, 0) is 0 Å². The van der Waals surface area contributed by atoms with Crippen LogP contribution in [0.4, 0.5) is 0 Å². The quantitative estimate of drug-likeness (QED) is 0.474. The lowest BCUT2D eigenvalue weighted by molar-refractivity contribution is 0.0522. The van der Waals surface area contributed by atoms with Crippen molar-refractivity contribution in [1.82, 2.24) is 0 Å². The molecule has 0 spiro atoms. The third kappa shape index (κ3) is 1.30. The highest BCUT2D eigenvalue weighted by atomic mass is 35.5. The first-order valence-electron chi connectivity index (χ1n) is 2.19. The Bertz CT molecular complexity index is 51.7. The maximum absolute atomic E-state index is 5.40. The molecule has 0 bridgehead atoms. The summed E-state index contributed by atoms with van der Waals surface area (Å²) in [7, 11) is 0. The molecule has 0 amide bonds. The average molecular weight is 123 g/mol. The minimum Gasteiger partial charge on any atom is -0.353 e. The molecular formula is C4H7ClO2. The molecule has 0 aromatic carbocycles. The van der Waals surface area contributed by atoms with Gasteiger partial charge < -0.3 is 9.47 Å². The molecule has 2 nitrogen and oxygen atoms in total. The van der Waals surface area contributed by atoms with E-state index in [1.165, 1.54) is 0 Å². The molecule has 0 aliphatic carbocycles. The number of rotatable bonds is 1. The Hall–Kier alpha value is 0.210. The fourth-order valence-corrected chi connectivity index (χ4v) is 0.639. The molecule has 0 unspecified atom stereocenters. The molecule has 1 aliphatic rings. The predicted octanol–water partition coefficient (Wildman–Crippen LogP) is 0.598. The van der Waals surface area contributed by atoms with E-state index in [-0.39, 0.29) is 6.10 Å². The smallest absolute Gasteiger partial charge is 0.147 e. The van der Waals surface area contributed by atoms with E-state index in [9.17, 15) is 0 Å². The van der Waals surface area contributed by atoms with Gasteiger partial charge in [0.25, 0.3) is 0 Å². The zero-order valence-corrected chi connectivity index (χ0v) is 4.65. The third-order valence-electron chi connectivity index (χ3n) is 0.863. The molecule has 0 aromatic heterocycles. The van der Waals surface area contributed by atoms with Crippen LogP contribution in [-0.4, -0.2) is 25.4 Å². The van der Waals surface area contributed by atoms with Crippen LogP contribution in [0.25, 0.3) is 0 Å². The molecule has 0 aromatic rings. The van der Waals surface area contributed by atoms with Crippen molar-refractivity contribution in [3.05, 3.63) is 0 Å². The summed E-state index contributed by atoms with van der Waals surface area (Å²) in [6, 6.07) is 0. The fraction of sp³-hybridized carbons (Fsp3) is 1.00. The minimum absolute atomic E-state index is 0.140. The van der Waals surface area contributed by atoms with E-state index < -0.39 is 0 Å². The van der Waals surface area contributed by atoms with Crippen LogP contribution in [0.1, 0.15) is 0 Å². The summed E-state index contributed by atoms with van der Waals surface area (Å²) in [6.07, 6.45) is 0.140. The van der Waals surface area contributed by atoms with Crippen LogP contribution in [-0.2, 0) is 9.47 Å². The van der Waals surface area contributed by atoms with Gasteiger partial charge in [-0.2, -0.15) is 0 Å². The summed E-state index contributed by atoms with van der Waals surface area (Å²) in [5.74, 6) is 0.542. The zero-order valence-electron chi connectivity index (χ0n) is 3.89. The van der Waals surface area contributed by atoms with E-state index in [0.29, 0.717) is 19.3 Å². The Morgan fingerprint density at radius 2 is 2.57 bits per heavy atom. The molecule has 7 heavy (non-hydrogen) atoms. The first-order chi connectivity index (χ1) is 3.43. The van der Waals surface area contributed by atoms with Crippen molar-refractivity contribution in [2.24, 2.45) is 0 Å². The van der Waals surface area contributed by atoms with Gasteiger partial charge in [-0.1, -0.05) is 0 Å². The van der Waals surface area contributed by atoms with Crippen LogP contribution in [0, 0.1) is 0 Å². The van der Waals surface area contributed by atoms with Crippen LogP contribution in [0.5, 0.6) is 0 Å². The maximum Gasteiger partial charge on any atom is 0.147 e. The maximum atomic E-state index is 5.40.